The van der Waals surface area contributed by atoms with Gasteiger partial charge in [-0.25, -0.2) is 9.97 Å². The highest BCUT2D eigenvalue weighted by atomic mass is 16.5. The summed E-state index contributed by atoms with van der Waals surface area (Å²) in [6, 6.07) is 2.03. The molecule has 0 aliphatic carbocycles. The fraction of sp³-hybridized carbons (Fsp3) is 0.733. The third kappa shape index (κ3) is 3.60. The molecule has 0 aromatic carbocycles. The van der Waals surface area contributed by atoms with Crippen LogP contribution < -0.4 is 10.2 Å². The van der Waals surface area contributed by atoms with Gasteiger partial charge in [-0.05, 0) is 19.8 Å². The van der Waals surface area contributed by atoms with Gasteiger partial charge < -0.3 is 15.0 Å². The number of anilines is 2. The molecule has 5 nitrogen and oxygen atoms in total. The van der Waals surface area contributed by atoms with Crippen LogP contribution in [0.25, 0.3) is 0 Å². The van der Waals surface area contributed by atoms with Crippen LogP contribution in [0.5, 0.6) is 0 Å². The second-order valence-corrected chi connectivity index (χ2v) is 5.52. The van der Waals surface area contributed by atoms with Gasteiger partial charge in [-0.3, -0.25) is 0 Å². The predicted octanol–water partition coefficient (Wildman–Crippen LogP) is 2.65. The number of rotatable bonds is 5. The second kappa shape index (κ2) is 6.88. The van der Waals surface area contributed by atoms with Crippen LogP contribution in [0.1, 0.15) is 45.4 Å². The Kier molecular flexibility index (Phi) is 5.17. The Labute approximate surface area is 121 Å². The normalized spacial score (nSPS) is 16.8. The quantitative estimate of drug-likeness (QED) is 0.897. The Morgan fingerprint density at radius 1 is 1.35 bits per heavy atom. The molecule has 0 saturated carbocycles. The molecule has 1 saturated heterocycles. The van der Waals surface area contributed by atoms with E-state index in [1.807, 2.05) is 13.1 Å². The van der Waals surface area contributed by atoms with Crippen molar-refractivity contribution in [2.45, 2.75) is 45.6 Å². The lowest BCUT2D eigenvalue weighted by molar-refractivity contribution is 0.0458. The summed E-state index contributed by atoms with van der Waals surface area (Å²) in [5, 5.41) is 3.13. The Morgan fingerprint density at radius 3 is 2.60 bits per heavy atom. The van der Waals surface area contributed by atoms with E-state index in [1.54, 1.807) is 0 Å². The number of piperidine rings is 1. The molecule has 5 heteroatoms. The second-order valence-electron chi connectivity index (χ2n) is 5.52. The maximum atomic E-state index is 5.70. The van der Waals surface area contributed by atoms with Gasteiger partial charge in [0.2, 0.25) is 0 Å². The topological polar surface area (TPSA) is 50.3 Å². The summed E-state index contributed by atoms with van der Waals surface area (Å²) >= 11 is 0. The van der Waals surface area contributed by atoms with Gasteiger partial charge in [-0.2, -0.15) is 0 Å². The van der Waals surface area contributed by atoms with E-state index in [0.717, 1.165) is 50.0 Å². The average molecular weight is 278 g/mol. The molecule has 1 fully saturated rings. The maximum Gasteiger partial charge on any atom is 0.135 e. The first-order valence-electron chi connectivity index (χ1n) is 7.57. The van der Waals surface area contributed by atoms with Crippen LogP contribution in [-0.2, 0) is 4.74 Å². The minimum Gasteiger partial charge on any atom is -0.378 e. The highest BCUT2D eigenvalue weighted by Crippen LogP contribution is 2.23. The maximum absolute atomic E-state index is 5.70. The van der Waals surface area contributed by atoms with E-state index >= 15 is 0 Å². The lowest BCUT2D eigenvalue weighted by Gasteiger charge is -2.33. The summed E-state index contributed by atoms with van der Waals surface area (Å²) < 4.78 is 5.70. The highest BCUT2D eigenvalue weighted by Gasteiger charge is 2.21. The number of hydrogen-bond donors (Lipinski definition) is 1. The van der Waals surface area contributed by atoms with Crippen LogP contribution in [0.4, 0.5) is 11.6 Å². The lowest BCUT2D eigenvalue weighted by Crippen LogP contribution is -2.37. The van der Waals surface area contributed by atoms with Gasteiger partial charge in [0.05, 0.1) is 6.10 Å². The van der Waals surface area contributed by atoms with E-state index in [4.69, 9.17) is 9.72 Å². The first-order chi connectivity index (χ1) is 9.63. The Balaban J connectivity index is 2.10. The summed E-state index contributed by atoms with van der Waals surface area (Å²) in [4.78, 5) is 11.6. The van der Waals surface area contributed by atoms with E-state index in [2.05, 4.69) is 36.0 Å². The van der Waals surface area contributed by atoms with E-state index in [1.165, 1.54) is 0 Å². The number of nitrogens with one attached hydrogen (secondary N) is 1. The van der Waals surface area contributed by atoms with E-state index < -0.39 is 0 Å². The minimum atomic E-state index is 0.336. The molecule has 0 bridgehead atoms. The van der Waals surface area contributed by atoms with Gasteiger partial charge in [0.15, 0.2) is 0 Å². The molecule has 112 valence electrons. The first kappa shape index (κ1) is 15.0. The molecular formula is C15H26N4O. The predicted molar refractivity (Wildman–Crippen MR) is 82.5 cm³/mol. The fourth-order valence-corrected chi connectivity index (χ4v) is 2.49. The molecule has 2 heterocycles. The molecule has 2 rings (SSSR count). The number of ether oxygens (including phenoxy) is 1. The molecule has 0 atom stereocenters. The van der Waals surface area contributed by atoms with Crippen molar-refractivity contribution in [3.8, 4) is 0 Å². The number of hydrogen-bond acceptors (Lipinski definition) is 5. The molecule has 1 aliphatic heterocycles. The van der Waals surface area contributed by atoms with Crippen LogP contribution in [0.3, 0.4) is 0 Å². The van der Waals surface area contributed by atoms with Crippen molar-refractivity contribution >= 4 is 11.6 Å². The van der Waals surface area contributed by atoms with Gasteiger partial charge in [-0.15, -0.1) is 0 Å². The summed E-state index contributed by atoms with van der Waals surface area (Å²) in [6.45, 7) is 9.12. The van der Waals surface area contributed by atoms with Crippen LogP contribution in [-0.4, -0.2) is 42.8 Å². The van der Waals surface area contributed by atoms with Gasteiger partial charge in [0, 0.05) is 38.7 Å². The third-order valence-corrected chi connectivity index (χ3v) is 3.67. The molecular weight excluding hydrogens is 252 g/mol. The molecule has 1 aromatic rings. The van der Waals surface area contributed by atoms with Gasteiger partial charge in [-0.1, -0.05) is 13.8 Å². The highest BCUT2D eigenvalue weighted by molar-refractivity contribution is 5.49. The van der Waals surface area contributed by atoms with Crippen molar-refractivity contribution in [3.05, 3.63) is 11.9 Å². The number of nitrogens with zero attached hydrogens (tertiary/aromatic N) is 3. The molecule has 0 spiro atoms. The van der Waals surface area contributed by atoms with Crippen LogP contribution in [0.2, 0.25) is 0 Å². The SMILES string of the molecule is CCOC1CCN(c2cc(NC)nc(C(C)C)n2)CC1. The van der Waals surface area contributed by atoms with Crippen LogP contribution >= 0.6 is 0 Å². The van der Waals surface area contributed by atoms with E-state index in [0.29, 0.717) is 12.0 Å². The van der Waals surface area contributed by atoms with Crippen molar-refractivity contribution in [1.29, 1.82) is 0 Å². The molecule has 1 aromatic heterocycles. The van der Waals surface area contributed by atoms with Crippen LogP contribution in [0, 0.1) is 0 Å². The zero-order valence-corrected chi connectivity index (χ0v) is 13.0. The summed E-state index contributed by atoms with van der Waals surface area (Å²) in [5.74, 6) is 3.16. The average Bonchev–Trinajstić information content (AvgIpc) is 2.47. The minimum absolute atomic E-state index is 0.336. The summed E-state index contributed by atoms with van der Waals surface area (Å²) in [6.07, 6.45) is 2.56. The van der Waals surface area contributed by atoms with Gasteiger partial charge in [0.1, 0.15) is 17.5 Å². The standard InChI is InChI=1S/C15H26N4O/c1-5-20-12-6-8-19(9-7-12)14-10-13(16-4)17-15(18-14)11(2)3/h10-12H,5-9H2,1-4H3,(H,16,17,18). The van der Waals surface area contributed by atoms with Crippen molar-refractivity contribution < 1.29 is 4.74 Å². The van der Waals surface area contributed by atoms with Crippen molar-refractivity contribution in [1.82, 2.24) is 9.97 Å². The summed E-state index contributed by atoms with van der Waals surface area (Å²) in [7, 11) is 1.90. The molecule has 20 heavy (non-hydrogen) atoms. The fourth-order valence-electron chi connectivity index (χ4n) is 2.49. The molecule has 0 amide bonds. The monoisotopic (exact) mass is 278 g/mol. The largest absolute Gasteiger partial charge is 0.378 e. The van der Waals surface area contributed by atoms with Crippen molar-refractivity contribution in [2.75, 3.05) is 37.0 Å². The molecule has 0 unspecified atom stereocenters. The Hall–Kier alpha value is -1.36. The summed E-state index contributed by atoms with van der Waals surface area (Å²) in [5.41, 5.74) is 0. The zero-order chi connectivity index (χ0) is 14.5. The van der Waals surface area contributed by atoms with Gasteiger partial charge >= 0.3 is 0 Å². The Morgan fingerprint density at radius 2 is 2.05 bits per heavy atom. The van der Waals surface area contributed by atoms with E-state index in [-0.39, 0.29) is 0 Å². The van der Waals surface area contributed by atoms with Gasteiger partial charge in [0.25, 0.3) is 0 Å². The lowest BCUT2D eigenvalue weighted by atomic mass is 10.1. The molecule has 1 aliphatic rings. The van der Waals surface area contributed by atoms with Crippen molar-refractivity contribution in [3.63, 3.8) is 0 Å². The zero-order valence-electron chi connectivity index (χ0n) is 13.0. The van der Waals surface area contributed by atoms with Crippen molar-refractivity contribution in [2.24, 2.45) is 0 Å². The first-order valence-corrected chi connectivity index (χ1v) is 7.57. The molecule has 1 N–H and O–H groups in total. The Bertz CT molecular complexity index is 428. The smallest absolute Gasteiger partial charge is 0.135 e. The molecule has 0 radical (unpaired) electrons. The van der Waals surface area contributed by atoms with E-state index in [9.17, 15) is 0 Å². The number of aromatic nitrogens is 2. The third-order valence-electron chi connectivity index (χ3n) is 3.67. The van der Waals surface area contributed by atoms with Crippen LogP contribution in [0.15, 0.2) is 6.07 Å².